The van der Waals surface area contributed by atoms with Crippen LogP contribution in [0.5, 0.6) is 5.75 Å². The molecule has 0 saturated carbocycles. The third-order valence-corrected chi connectivity index (χ3v) is 5.34. The van der Waals surface area contributed by atoms with Crippen molar-refractivity contribution in [1.82, 2.24) is 10.2 Å². The molecular weight excluding hydrogens is 393 g/mol. The summed E-state index contributed by atoms with van der Waals surface area (Å²) in [7, 11) is 0. The van der Waals surface area contributed by atoms with Gasteiger partial charge in [0, 0.05) is 19.6 Å². The summed E-state index contributed by atoms with van der Waals surface area (Å²) in [5, 5.41) is 3.69. The van der Waals surface area contributed by atoms with Gasteiger partial charge in [0.2, 0.25) is 0 Å². The van der Waals surface area contributed by atoms with E-state index in [9.17, 15) is 9.18 Å². The quantitative estimate of drug-likeness (QED) is 0.777. The van der Waals surface area contributed by atoms with E-state index in [4.69, 9.17) is 21.7 Å². The van der Waals surface area contributed by atoms with Crippen LogP contribution >= 0.6 is 12.2 Å². The predicted octanol–water partition coefficient (Wildman–Crippen LogP) is 2.33. The van der Waals surface area contributed by atoms with Crippen molar-refractivity contribution in [2.24, 2.45) is 0 Å². The smallest absolute Gasteiger partial charge is 0.265 e. The van der Waals surface area contributed by atoms with E-state index in [0.717, 1.165) is 11.3 Å². The summed E-state index contributed by atoms with van der Waals surface area (Å²) in [6, 6.07) is 13.8. The Morgan fingerprint density at radius 2 is 1.86 bits per heavy atom. The van der Waals surface area contributed by atoms with Crippen molar-refractivity contribution in [1.29, 1.82) is 0 Å². The first-order chi connectivity index (χ1) is 14.1. The molecule has 0 unspecified atom stereocenters. The van der Waals surface area contributed by atoms with Gasteiger partial charge in [0.25, 0.3) is 5.91 Å². The molecular formula is C21H22FN3O3S. The van der Waals surface area contributed by atoms with Crippen molar-refractivity contribution < 1.29 is 18.7 Å². The highest BCUT2D eigenvalue weighted by atomic mass is 32.1. The maximum absolute atomic E-state index is 13.1. The molecule has 0 radical (unpaired) electrons. The van der Waals surface area contributed by atoms with Gasteiger partial charge in [-0.1, -0.05) is 24.3 Å². The zero-order valence-corrected chi connectivity index (χ0v) is 16.7. The summed E-state index contributed by atoms with van der Waals surface area (Å²) in [6.45, 7) is 2.98. The topological polar surface area (TPSA) is 54.0 Å². The second-order valence-corrected chi connectivity index (χ2v) is 7.29. The number of carbonyl (C=O) groups is 1. The molecule has 2 aliphatic rings. The molecule has 2 aliphatic heterocycles. The Balaban J connectivity index is 1.49. The van der Waals surface area contributed by atoms with Crippen LogP contribution in [0.3, 0.4) is 0 Å². The van der Waals surface area contributed by atoms with Gasteiger partial charge in [0.1, 0.15) is 11.6 Å². The normalized spacial score (nSPS) is 18.6. The van der Waals surface area contributed by atoms with Crippen molar-refractivity contribution in [3.8, 4) is 5.75 Å². The average molecular weight is 415 g/mol. The van der Waals surface area contributed by atoms with Crippen molar-refractivity contribution in [3.05, 3.63) is 59.9 Å². The molecule has 1 saturated heterocycles. The number of anilines is 1. The molecule has 8 heteroatoms. The number of ether oxygens (including phenoxy) is 2. The summed E-state index contributed by atoms with van der Waals surface area (Å²) in [4.78, 5) is 16.6. The Morgan fingerprint density at radius 1 is 1.14 bits per heavy atom. The lowest BCUT2D eigenvalue weighted by Gasteiger charge is -2.38. The molecule has 0 aromatic heterocycles. The van der Waals surface area contributed by atoms with E-state index in [2.05, 4.69) is 5.32 Å². The lowest BCUT2D eigenvalue weighted by Crippen LogP contribution is -2.55. The summed E-state index contributed by atoms with van der Waals surface area (Å²) in [6.07, 6.45) is -0.645. The average Bonchev–Trinajstić information content (AvgIpc) is 2.78. The van der Waals surface area contributed by atoms with E-state index in [1.807, 2.05) is 29.2 Å². The maximum atomic E-state index is 13.1. The monoisotopic (exact) mass is 415 g/mol. The SMILES string of the molecule is O=C([C@@H]1CN(C(=S)NCc2ccc(F)cc2)c2ccccc2O1)N1CCOCC1. The molecule has 1 N–H and O–H groups in total. The highest BCUT2D eigenvalue weighted by Crippen LogP contribution is 2.33. The predicted molar refractivity (Wildman–Crippen MR) is 111 cm³/mol. The van der Waals surface area contributed by atoms with Crippen LogP contribution in [0.1, 0.15) is 5.56 Å². The lowest BCUT2D eigenvalue weighted by atomic mass is 10.1. The number of fused-ring (bicyclic) bond motifs is 1. The van der Waals surface area contributed by atoms with Gasteiger partial charge in [-0.05, 0) is 42.0 Å². The highest BCUT2D eigenvalue weighted by Gasteiger charge is 2.35. The van der Waals surface area contributed by atoms with Crippen LogP contribution in [0, 0.1) is 5.82 Å². The van der Waals surface area contributed by atoms with E-state index < -0.39 is 6.10 Å². The maximum Gasteiger partial charge on any atom is 0.265 e. The van der Waals surface area contributed by atoms with Gasteiger partial charge in [-0.2, -0.15) is 0 Å². The number of thiocarbonyl (C=S) groups is 1. The van der Waals surface area contributed by atoms with Gasteiger partial charge >= 0.3 is 0 Å². The van der Waals surface area contributed by atoms with Gasteiger partial charge < -0.3 is 24.6 Å². The second-order valence-electron chi connectivity index (χ2n) is 6.91. The van der Waals surface area contributed by atoms with Crippen LogP contribution in [-0.2, 0) is 16.1 Å². The fourth-order valence-corrected chi connectivity index (χ4v) is 3.66. The number of nitrogens with one attached hydrogen (secondary N) is 1. The third-order valence-electron chi connectivity index (χ3n) is 4.97. The van der Waals surface area contributed by atoms with Crippen LogP contribution in [-0.4, -0.2) is 54.9 Å². The number of amides is 1. The van der Waals surface area contributed by atoms with Crippen LogP contribution in [0.4, 0.5) is 10.1 Å². The zero-order valence-electron chi connectivity index (χ0n) is 15.8. The molecule has 0 aliphatic carbocycles. The third kappa shape index (κ3) is 4.49. The van der Waals surface area contributed by atoms with Crippen LogP contribution in [0.25, 0.3) is 0 Å². The van der Waals surface area contributed by atoms with Gasteiger partial charge in [0.15, 0.2) is 11.2 Å². The molecule has 29 heavy (non-hydrogen) atoms. The first kappa shape index (κ1) is 19.6. The van der Waals surface area contributed by atoms with Crippen molar-refractivity contribution >= 4 is 28.9 Å². The van der Waals surface area contributed by atoms with E-state index in [1.54, 1.807) is 17.0 Å². The van der Waals surface area contributed by atoms with E-state index in [0.29, 0.717) is 50.3 Å². The van der Waals surface area contributed by atoms with Gasteiger partial charge in [-0.3, -0.25) is 4.79 Å². The fourth-order valence-electron chi connectivity index (χ4n) is 3.42. The molecule has 0 bridgehead atoms. The lowest BCUT2D eigenvalue weighted by molar-refractivity contribution is -0.142. The fraction of sp³-hybridized carbons (Fsp3) is 0.333. The summed E-state index contributed by atoms with van der Waals surface area (Å²) >= 11 is 5.61. The zero-order chi connectivity index (χ0) is 20.2. The Morgan fingerprint density at radius 3 is 2.62 bits per heavy atom. The summed E-state index contributed by atoms with van der Waals surface area (Å²) in [5.41, 5.74) is 1.73. The number of carbonyl (C=O) groups excluding carboxylic acids is 1. The number of morpholine rings is 1. The van der Waals surface area contributed by atoms with Crippen molar-refractivity contribution in [2.75, 3.05) is 37.7 Å². The standard InChI is InChI=1S/C21H22FN3O3S/c22-16-7-5-15(6-8-16)13-23-21(29)25-14-19(20(26)24-9-11-27-12-10-24)28-18-4-2-1-3-17(18)25/h1-8,19H,9-14H2,(H,23,29)/t19-/m0/s1. The summed E-state index contributed by atoms with van der Waals surface area (Å²) in [5.74, 6) is 0.285. The minimum absolute atomic E-state index is 0.0610. The Kier molecular flexibility index (Phi) is 5.92. The number of nitrogens with zero attached hydrogens (tertiary/aromatic N) is 2. The molecule has 4 rings (SSSR count). The molecule has 1 atom stereocenters. The molecule has 2 aromatic carbocycles. The molecule has 0 spiro atoms. The number of hydrogen-bond acceptors (Lipinski definition) is 4. The number of halogens is 1. The van der Waals surface area contributed by atoms with Crippen molar-refractivity contribution in [3.63, 3.8) is 0 Å². The van der Waals surface area contributed by atoms with E-state index in [-0.39, 0.29) is 11.7 Å². The van der Waals surface area contributed by atoms with Crippen LogP contribution in [0.2, 0.25) is 0 Å². The largest absolute Gasteiger partial charge is 0.476 e. The van der Waals surface area contributed by atoms with Gasteiger partial charge in [-0.15, -0.1) is 0 Å². The molecule has 1 fully saturated rings. The number of benzene rings is 2. The van der Waals surface area contributed by atoms with Crippen LogP contribution < -0.4 is 15.0 Å². The number of rotatable bonds is 3. The summed E-state index contributed by atoms with van der Waals surface area (Å²) < 4.78 is 24.4. The van der Waals surface area contributed by atoms with E-state index >= 15 is 0 Å². The molecule has 2 heterocycles. The first-order valence-corrected chi connectivity index (χ1v) is 9.94. The first-order valence-electron chi connectivity index (χ1n) is 9.54. The van der Waals surface area contributed by atoms with Gasteiger partial charge in [0.05, 0.1) is 25.4 Å². The van der Waals surface area contributed by atoms with Crippen LogP contribution in [0.15, 0.2) is 48.5 Å². The second kappa shape index (κ2) is 8.75. The minimum atomic E-state index is -0.645. The Bertz CT molecular complexity index is 887. The Labute approximate surface area is 174 Å². The molecule has 1 amide bonds. The molecule has 2 aromatic rings. The highest BCUT2D eigenvalue weighted by molar-refractivity contribution is 7.80. The van der Waals surface area contributed by atoms with E-state index in [1.165, 1.54) is 12.1 Å². The molecule has 152 valence electrons. The van der Waals surface area contributed by atoms with Crippen molar-refractivity contribution in [2.45, 2.75) is 12.6 Å². The van der Waals surface area contributed by atoms with Gasteiger partial charge in [-0.25, -0.2) is 4.39 Å². The number of hydrogen-bond donors (Lipinski definition) is 1. The molecule has 6 nitrogen and oxygen atoms in total. The Hall–Kier alpha value is -2.71. The number of para-hydroxylation sites is 2. The minimum Gasteiger partial charge on any atom is -0.476 e.